The van der Waals surface area contributed by atoms with Crippen LogP contribution in [-0.2, 0) is 0 Å². The van der Waals surface area contributed by atoms with Gasteiger partial charge in [0.25, 0.3) is 0 Å². The molecule has 0 amide bonds. The number of hydrogen-bond acceptors (Lipinski definition) is 1. The summed E-state index contributed by atoms with van der Waals surface area (Å²) >= 11 is 0. The fraction of sp³-hybridized carbons (Fsp3) is 0.500. The van der Waals surface area contributed by atoms with E-state index in [0.29, 0.717) is 11.5 Å². The lowest BCUT2D eigenvalue weighted by Gasteiger charge is -2.26. The molecule has 130 valence electrons. The molecule has 0 aromatic heterocycles. The van der Waals surface area contributed by atoms with Crippen LogP contribution in [0, 0.1) is 23.7 Å². The molecule has 1 aromatic carbocycles. The first-order valence-corrected chi connectivity index (χ1v) is 8.50. The van der Waals surface area contributed by atoms with E-state index in [4.69, 9.17) is 0 Å². The molecule has 0 spiro atoms. The van der Waals surface area contributed by atoms with Crippen molar-refractivity contribution in [2.45, 2.75) is 51.8 Å². The Bertz CT molecular complexity index is 582. The van der Waals surface area contributed by atoms with E-state index in [9.17, 15) is 13.2 Å². The minimum atomic E-state index is -4.66. The highest BCUT2D eigenvalue weighted by molar-refractivity contribution is 5.40. The normalized spacial score (nSPS) is 21.3. The van der Waals surface area contributed by atoms with E-state index in [0.717, 1.165) is 5.92 Å². The van der Waals surface area contributed by atoms with Crippen LogP contribution in [0.2, 0.25) is 0 Å². The summed E-state index contributed by atoms with van der Waals surface area (Å²) in [6, 6.07) is 5.60. The highest BCUT2D eigenvalue weighted by Crippen LogP contribution is 2.32. The fourth-order valence-corrected chi connectivity index (χ4v) is 3.13. The Balaban J connectivity index is 1.81. The second-order valence-electron chi connectivity index (χ2n) is 6.27. The zero-order valence-electron chi connectivity index (χ0n) is 13.9. The molecule has 24 heavy (non-hydrogen) atoms. The number of hydrogen-bond donors (Lipinski definition) is 0. The first-order chi connectivity index (χ1) is 11.5. The lowest BCUT2D eigenvalue weighted by molar-refractivity contribution is -0.274. The van der Waals surface area contributed by atoms with Crippen molar-refractivity contribution in [3.8, 4) is 17.6 Å². The quantitative estimate of drug-likeness (QED) is 0.604. The van der Waals surface area contributed by atoms with Gasteiger partial charge in [0, 0.05) is 5.56 Å². The maximum absolute atomic E-state index is 12.1. The summed E-state index contributed by atoms with van der Waals surface area (Å²) in [7, 11) is 0. The van der Waals surface area contributed by atoms with Crippen molar-refractivity contribution in [2.24, 2.45) is 11.8 Å². The molecule has 4 heteroatoms. The van der Waals surface area contributed by atoms with E-state index >= 15 is 0 Å². The van der Waals surface area contributed by atoms with Gasteiger partial charge in [-0.15, -0.1) is 13.2 Å². The second-order valence-corrected chi connectivity index (χ2v) is 6.27. The molecule has 1 saturated carbocycles. The minimum absolute atomic E-state index is 0.229. The van der Waals surface area contributed by atoms with Gasteiger partial charge in [-0.05, 0) is 67.9 Å². The van der Waals surface area contributed by atoms with Crippen LogP contribution in [0.3, 0.4) is 0 Å². The summed E-state index contributed by atoms with van der Waals surface area (Å²) in [5.41, 5.74) is 0.667. The number of halogens is 3. The highest BCUT2D eigenvalue weighted by atomic mass is 19.4. The van der Waals surface area contributed by atoms with Gasteiger partial charge in [-0.1, -0.05) is 37.7 Å². The van der Waals surface area contributed by atoms with Crippen LogP contribution in [0.5, 0.6) is 5.75 Å². The Morgan fingerprint density at radius 3 is 2.38 bits per heavy atom. The largest absolute Gasteiger partial charge is 0.573 e. The summed E-state index contributed by atoms with van der Waals surface area (Å²) in [6.07, 6.45) is 7.04. The zero-order valence-corrected chi connectivity index (χ0v) is 13.9. The number of alkyl halides is 3. The van der Waals surface area contributed by atoms with Gasteiger partial charge < -0.3 is 4.74 Å². The van der Waals surface area contributed by atoms with Gasteiger partial charge >= 0.3 is 6.36 Å². The molecule has 1 aliphatic rings. The average Bonchev–Trinajstić information content (AvgIpc) is 2.53. The average molecular weight is 336 g/mol. The van der Waals surface area contributed by atoms with Crippen LogP contribution >= 0.6 is 0 Å². The van der Waals surface area contributed by atoms with E-state index in [1.165, 1.54) is 62.8 Å². The van der Waals surface area contributed by atoms with Crippen molar-refractivity contribution in [3.63, 3.8) is 0 Å². The molecule has 0 N–H and O–H groups in total. The van der Waals surface area contributed by atoms with E-state index in [1.54, 1.807) is 0 Å². The van der Waals surface area contributed by atoms with Gasteiger partial charge in [-0.3, -0.25) is 0 Å². The van der Waals surface area contributed by atoms with Crippen LogP contribution < -0.4 is 4.74 Å². The number of allylic oxidation sites excluding steroid dienone is 2. The molecule has 1 aromatic rings. The van der Waals surface area contributed by atoms with Gasteiger partial charge in [-0.2, -0.15) is 0 Å². The lowest BCUT2D eigenvalue weighted by atomic mass is 9.80. The third kappa shape index (κ3) is 6.70. The smallest absolute Gasteiger partial charge is 0.406 e. The van der Waals surface area contributed by atoms with Crippen LogP contribution in [0.15, 0.2) is 36.4 Å². The monoisotopic (exact) mass is 336 g/mol. The summed E-state index contributed by atoms with van der Waals surface area (Å²) in [5.74, 6) is 7.16. The summed E-state index contributed by atoms with van der Waals surface area (Å²) in [4.78, 5) is 0. The Hall–Kier alpha value is -1.89. The fourth-order valence-electron chi connectivity index (χ4n) is 3.13. The Labute approximate surface area is 141 Å². The van der Waals surface area contributed by atoms with E-state index < -0.39 is 6.36 Å². The van der Waals surface area contributed by atoms with E-state index in [-0.39, 0.29) is 5.75 Å². The molecule has 0 aliphatic heterocycles. The predicted octanol–water partition coefficient (Wildman–Crippen LogP) is 6.10. The summed E-state index contributed by atoms with van der Waals surface area (Å²) < 4.78 is 40.1. The van der Waals surface area contributed by atoms with Crippen LogP contribution in [0.25, 0.3) is 0 Å². The molecular formula is C20H23F3O. The first-order valence-electron chi connectivity index (χ1n) is 8.50. The maximum atomic E-state index is 12.1. The molecule has 0 unspecified atom stereocenters. The van der Waals surface area contributed by atoms with Crippen molar-refractivity contribution in [3.05, 3.63) is 42.0 Å². The molecule has 1 aliphatic carbocycles. The Kier molecular flexibility index (Phi) is 6.78. The third-order valence-corrected chi connectivity index (χ3v) is 4.34. The van der Waals surface area contributed by atoms with Crippen LogP contribution in [0.1, 0.15) is 51.0 Å². The van der Waals surface area contributed by atoms with Gasteiger partial charge in [0.2, 0.25) is 0 Å². The van der Waals surface area contributed by atoms with Gasteiger partial charge in [0.15, 0.2) is 0 Å². The molecule has 0 heterocycles. The van der Waals surface area contributed by atoms with Crippen molar-refractivity contribution < 1.29 is 17.9 Å². The van der Waals surface area contributed by atoms with Crippen molar-refractivity contribution in [1.82, 2.24) is 0 Å². The standard InChI is InChI=1S/C20H23F3O/c1-2-5-16-8-10-17(11-9-16)6-3-4-7-18-12-14-19(15-13-18)24-20(21,22)23/h3,6,12-17H,2,5,8-11H2,1H3/b6-3+. The van der Waals surface area contributed by atoms with E-state index in [2.05, 4.69) is 29.6 Å². The van der Waals surface area contributed by atoms with Gasteiger partial charge in [0.1, 0.15) is 5.75 Å². The Morgan fingerprint density at radius 2 is 1.79 bits per heavy atom. The van der Waals surface area contributed by atoms with Crippen molar-refractivity contribution in [1.29, 1.82) is 0 Å². The summed E-state index contributed by atoms with van der Waals surface area (Å²) in [5, 5.41) is 0. The topological polar surface area (TPSA) is 9.23 Å². The van der Waals surface area contributed by atoms with Crippen LogP contribution in [0.4, 0.5) is 13.2 Å². The SMILES string of the molecule is CCCC1CCC(/C=C/C#Cc2ccc(OC(F)(F)F)cc2)CC1. The molecule has 2 rings (SSSR count). The molecule has 0 saturated heterocycles. The molecule has 0 radical (unpaired) electrons. The molecule has 0 bridgehead atoms. The van der Waals surface area contributed by atoms with E-state index in [1.807, 2.05) is 6.08 Å². The third-order valence-electron chi connectivity index (χ3n) is 4.34. The predicted molar refractivity (Wildman–Crippen MR) is 89.5 cm³/mol. The Morgan fingerprint density at radius 1 is 1.12 bits per heavy atom. The molecule has 1 fully saturated rings. The maximum Gasteiger partial charge on any atom is 0.573 e. The second kappa shape index (κ2) is 8.82. The molecule has 1 nitrogen and oxygen atoms in total. The van der Waals surface area contributed by atoms with Crippen molar-refractivity contribution >= 4 is 0 Å². The minimum Gasteiger partial charge on any atom is -0.406 e. The van der Waals surface area contributed by atoms with Crippen LogP contribution in [-0.4, -0.2) is 6.36 Å². The molecular weight excluding hydrogens is 313 g/mol. The van der Waals surface area contributed by atoms with Gasteiger partial charge in [-0.25, -0.2) is 0 Å². The first kappa shape index (κ1) is 18.4. The van der Waals surface area contributed by atoms with Crippen molar-refractivity contribution in [2.75, 3.05) is 0 Å². The number of benzene rings is 1. The van der Waals surface area contributed by atoms with Gasteiger partial charge in [0.05, 0.1) is 0 Å². The lowest BCUT2D eigenvalue weighted by Crippen LogP contribution is -2.16. The number of rotatable bonds is 4. The highest BCUT2D eigenvalue weighted by Gasteiger charge is 2.30. The summed E-state index contributed by atoms with van der Waals surface area (Å²) in [6.45, 7) is 2.24. The zero-order chi connectivity index (χ0) is 17.4. The molecule has 0 atom stereocenters. The number of ether oxygens (including phenoxy) is 1.